The maximum Gasteiger partial charge on any atom is 0.107 e. The lowest BCUT2D eigenvalue weighted by atomic mass is 9.99. The summed E-state index contributed by atoms with van der Waals surface area (Å²) in [6.45, 7) is 3.30. The van der Waals surface area contributed by atoms with Crippen LogP contribution >= 0.6 is 34.2 Å². The van der Waals surface area contributed by atoms with Crippen molar-refractivity contribution in [2.24, 2.45) is 0 Å². The Balaban J connectivity index is 1.65. The molecule has 0 spiro atoms. The Morgan fingerprint density at radius 1 is 1.17 bits per heavy atom. The largest absolute Gasteiger partial charge is 0.388 e. The summed E-state index contributed by atoms with van der Waals surface area (Å²) in [7, 11) is 0. The van der Waals surface area contributed by atoms with Gasteiger partial charge in [-0.3, -0.25) is 5.32 Å². The second-order valence-corrected chi connectivity index (χ2v) is 8.55. The second-order valence-electron chi connectivity index (χ2n) is 6.19. The highest BCUT2D eigenvalue weighted by molar-refractivity contribution is 14.1. The van der Waals surface area contributed by atoms with Crippen LogP contribution in [0.15, 0.2) is 48.5 Å². The fraction of sp³-hybridized carbons (Fsp3) is 0.368. The fourth-order valence-corrected chi connectivity index (χ4v) is 3.95. The lowest BCUT2D eigenvalue weighted by Gasteiger charge is -2.41. The molecule has 24 heavy (non-hydrogen) atoms. The van der Waals surface area contributed by atoms with Gasteiger partial charge < -0.3 is 9.84 Å². The summed E-state index contributed by atoms with van der Waals surface area (Å²) in [4.78, 5) is 0. The lowest BCUT2D eigenvalue weighted by molar-refractivity contribution is -0.0865. The van der Waals surface area contributed by atoms with E-state index in [9.17, 15) is 5.11 Å². The van der Waals surface area contributed by atoms with E-state index in [1.807, 2.05) is 31.2 Å². The summed E-state index contributed by atoms with van der Waals surface area (Å²) >= 11 is 8.26. The molecule has 2 aromatic carbocycles. The van der Waals surface area contributed by atoms with E-state index >= 15 is 0 Å². The number of hydrogen-bond donors (Lipinski definition) is 2. The zero-order chi connectivity index (χ0) is 17.2. The van der Waals surface area contributed by atoms with E-state index in [4.69, 9.17) is 16.3 Å². The minimum atomic E-state index is -0.514. The van der Waals surface area contributed by atoms with Gasteiger partial charge in [-0.05, 0) is 35.7 Å². The molecule has 128 valence electrons. The highest BCUT2D eigenvalue weighted by Gasteiger charge is 2.41. The summed E-state index contributed by atoms with van der Waals surface area (Å²) in [5.74, 6) is 0. The van der Waals surface area contributed by atoms with Gasteiger partial charge in [0.15, 0.2) is 0 Å². The van der Waals surface area contributed by atoms with Gasteiger partial charge in [0.2, 0.25) is 0 Å². The predicted molar refractivity (Wildman–Crippen MR) is 107 cm³/mol. The van der Waals surface area contributed by atoms with Gasteiger partial charge in [-0.25, -0.2) is 0 Å². The normalized spacial score (nSPS) is 27.2. The highest BCUT2D eigenvalue weighted by Crippen LogP contribution is 2.32. The molecule has 0 amide bonds. The molecule has 1 heterocycles. The molecular weight excluding hydrogens is 437 g/mol. The molecule has 2 N–H and O–H groups in total. The average Bonchev–Trinajstić information content (AvgIpc) is 2.59. The first-order valence-corrected chi connectivity index (χ1v) is 9.52. The Bertz CT molecular complexity index is 677. The summed E-state index contributed by atoms with van der Waals surface area (Å²) in [6.07, 6.45) is 0.137. The van der Waals surface area contributed by atoms with Crippen molar-refractivity contribution >= 4 is 34.2 Å². The van der Waals surface area contributed by atoms with Gasteiger partial charge in [-0.2, -0.15) is 0 Å². The van der Waals surface area contributed by atoms with Crippen molar-refractivity contribution in [3.05, 3.63) is 59.1 Å². The molecular formula is C19H21ClINO2. The Morgan fingerprint density at radius 2 is 1.75 bits per heavy atom. The third-order valence-electron chi connectivity index (χ3n) is 4.48. The molecule has 0 radical (unpaired) electrons. The van der Waals surface area contributed by atoms with E-state index in [-0.39, 0.29) is 9.65 Å². The Labute approximate surface area is 161 Å². The van der Waals surface area contributed by atoms with E-state index in [2.05, 4.69) is 52.2 Å². The molecule has 1 aliphatic heterocycles. The monoisotopic (exact) mass is 457 g/mol. The molecule has 5 heteroatoms. The molecule has 0 aromatic heterocycles. The standard InChI is InChI=1S/C19H21ClINO2/c1-13-18(23)19(21,10-11-24-13)22-12-14-2-4-15(5-3-14)16-6-8-17(20)9-7-16/h2-9,13,18,22-23H,10-12H2,1H3/t13?,18-,19?/m1/s1. The zero-order valence-corrected chi connectivity index (χ0v) is 16.4. The van der Waals surface area contributed by atoms with Crippen LogP contribution in [0.1, 0.15) is 18.9 Å². The highest BCUT2D eigenvalue weighted by atomic mass is 127. The van der Waals surface area contributed by atoms with E-state index in [1.54, 1.807) is 0 Å². The number of benzene rings is 2. The molecule has 3 nitrogen and oxygen atoms in total. The van der Waals surface area contributed by atoms with Gasteiger partial charge in [0.1, 0.15) is 9.65 Å². The zero-order valence-electron chi connectivity index (χ0n) is 13.5. The maximum atomic E-state index is 10.4. The van der Waals surface area contributed by atoms with E-state index in [0.29, 0.717) is 13.2 Å². The average molecular weight is 458 g/mol. The third kappa shape index (κ3) is 4.11. The SMILES string of the molecule is CC1OCCC(I)(NCc2ccc(-c3ccc(Cl)cc3)cc2)[C@@H]1O. The molecule has 3 atom stereocenters. The van der Waals surface area contributed by atoms with Crippen LogP contribution in [0.25, 0.3) is 11.1 Å². The second kappa shape index (κ2) is 7.70. The number of alkyl halides is 1. The Kier molecular flexibility index (Phi) is 5.82. The molecule has 0 saturated carbocycles. The van der Waals surface area contributed by atoms with Gasteiger partial charge in [-0.15, -0.1) is 0 Å². The van der Waals surface area contributed by atoms with Crippen molar-refractivity contribution in [3.8, 4) is 11.1 Å². The Morgan fingerprint density at radius 3 is 2.38 bits per heavy atom. The topological polar surface area (TPSA) is 41.5 Å². The number of aliphatic hydroxyl groups is 1. The number of hydrogen-bond acceptors (Lipinski definition) is 3. The van der Waals surface area contributed by atoms with Gasteiger partial charge in [0, 0.05) is 24.6 Å². The Hall–Kier alpha value is -0.660. The van der Waals surface area contributed by atoms with Crippen LogP contribution in [0.3, 0.4) is 0 Å². The minimum absolute atomic E-state index is 0.143. The molecule has 1 fully saturated rings. The van der Waals surface area contributed by atoms with E-state index in [1.165, 1.54) is 11.1 Å². The third-order valence-corrected chi connectivity index (χ3v) is 6.29. The molecule has 2 unspecified atom stereocenters. The van der Waals surface area contributed by atoms with Crippen LogP contribution in [0.5, 0.6) is 0 Å². The summed E-state index contributed by atoms with van der Waals surface area (Å²) in [5, 5.41) is 14.6. The molecule has 3 rings (SSSR count). The number of ether oxygens (including phenoxy) is 1. The molecule has 1 aliphatic rings. The van der Waals surface area contributed by atoms with E-state index < -0.39 is 6.10 Å². The first-order chi connectivity index (χ1) is 11.5. The van der Waals surface area contributed by atoms with Crippen molar-refractivity contribution in [1.82, 2.24) is 5.32 Å². The molecule has 2 aromatic rings. The van der Waals surface area contributed by atoms with E-state index in [0.717, 1.165) is 17.0 Å². The van der Waals surface area contributed by atoms with Crippen LogP contribution < -0.4 is 5.32 Å². The van der Waals surface area contributed by atoms with Gasteiger partial charge in [0.25, 0.3) is 0 Å². The predicted octanol–water partition coefficient (Wildman–Crippen LogP) is 4.40. The van der Waals surface area contributed by atoms with Crippen LogP contribution in [0, 0.1) is 0 Å². The molecule has 1 saturated heterocycles. The quantitative estimate of drug-likeness (QED) is 0.406. The van der Waals surface area contributed by atoms with Crippen LogP contribution in [0.2, 0.25) is 5.02 Å². The van der Waals surface area contributed by atoms with Crippen LogP contribution in [-0.4, -0.2) is 27.5 Å². The van der Waals surface area contributed by atoms with Crippen molar-refractivity contribution in [2.75, 3.05) is 6.61 Å². The van der Waals surface area contributed by atoms with Gasteiger partial charge >= 0.3 is 0 Å². The summed E-state index contributed by atoms with van der Waals surface area (Å²) in [5.41, 5.74) is 3.51. The number of nitrogens with one attached hydrogen (secondary N) is 1. The summed E-state index contributed by atoms with van der Waals surface area (Å²) < 4.78 is 5.16. The smallest absolute Gasteiger partial charge is 0.107 e. The van der Waals surface area contributed by atoms with Gasteiger partial charge in [-0.1, -0.05) is 70.6 Å². The van der Waals surface area contributed by atoms with Crippen molar-refractivity contribution in [1.29, 1.82) is 0 Å². The summed E-state index contributed by atoms with van der Waals surface area (Å²) in [6, 6.07) is 16.3. The van der Waals surface area contributed by atoms with Crippen molar-refractivity contribution in [3.63, 3.8) is 0 Å². The number of rotatable bonds is 4. The van der Waals surface area contributed by atoms with Crippen molar-refractivity contribution < 1.29 is 9.84 Å². The number of halogens is 2. The minimum Gasteiger partial charge on any atom is -0.388 e. The van der Waals surface area contributed by atoms with Crippen LogP contribution in [-0.2, 0) is 11.3 Å². The van der Waals surface area contributed by atoms with Crippen molar-refractivity contribution in [2.45, 2.75) is 35.6 Å². The van der Waals surface area contributed by atoms with Crippen LogP contribution in [0.4, 0.5) is 0 Å². The number of aliphatic hydroxyl groups excluding tert-OH is 1. The maximum absolute atomic E-state index is 10.4. The molecule has 0 aliphatic carbocycles. The van der Waals surface area contributed by atoms with Gasteiger partial charge in [0.05, 0.1) is 6.10 Å². The first-order valence-electron chi connectivity index (χ1n) is 8.06. The molecule has 0 bridgehead atoms. The fourth-order valence-electron chi connectivity index (χ4n) is 2.90. The first kappa shape index (κ1) is 18.1. The lowest BCUT2D eigenvalue weighted by Crippen LogP contribution is -2.57.